The lowest BCUT2D eigenvalue weighted by molar-refractivity contribution is -0.135. The monoisotopic (exact) mass is 346 g/mol. The van der Waals surface area contributed by atoms with Crippen molar-refractivity contribution >= 4 is 17.5 Å². The highest BCUT2D eigenvalue weighted by Gasteiger charge is 2.31. The fraction of sp³-hybridized carbons (Fsp3) is 0.556. The topological polar surface area (TPSA) is 102 Å². The number of piperazine rings is 1. The fourth-order valence-electron chi connectivity index (χ4n) is 3.51. The first-order chi connectivity index (χ1) is 12.1. The number of ether oxygens (including phenoxy) is 1. The molecule has 1 atom stereocenters. The second kappa shape index (κ2) is 7.84. The number of primary amides is 1. The van der Waals surface area contributed by atoms with Gasteiger partial charge in [-0.25, -0.2) is 0 Å². The van der Waals surface area contributed by atoms with Crippen LogP contribution in [0.3, 0.4) is 0 Å². The van der Waals surface area contributed by atoms with E-state index in [4.69, 9.17) is 16.2 Å². The third-order valence-corrected chi connectivity index (χ3v) is 5.17. The van der Waals surface area contributed by atoms with E-state index in [0.29, 0.717) is 31.9 Å². The molecule has 136 valence electrons. The summed E-state index contributed by atoms with van der Waals surface area (Å²) in [6, 6.07) is 6.83. The average molecular weight is 346 g/mol. The largest absolute Gasteiger partial charge is 0.381 e. The van der Waals surface area contributed by atoms with Crippen LogP contribution in [0, 0.1) is 5.92 Å². The lowest BCUT2D eigenvalue weighted by Crippen LogP contribution is -2.55. The van der Waals surface area contributed by atoms with Gasteiger partial charge in [-0.3, -0.25) is 9.59 Å². The number of benzene rings is 1. The molecule has 1 aromatic rings. The summed E-state index contributed by atoms with van der Waals surface area (Å²) in [5.74, 6) is -0.152. The quantitative estimate of drug-likeness (QED) is 0.810. The predicted octanol–water partition coefficient (Wildman–Crippen LogP) is 0.188. The molecule has 1 aromatic carbocycles. The summed E-state index contributed by atoms with van der Waals surface area (Å²) in [5.41, 5.74) is 13.0. The molecular weight excluding hydrogens is 320 g/mol. The van der Waals surface area contributed by atoms with Crippen LogP contribution in [0.25, 0.3) is 0 Å². The summed E-state index contributed by atoms with van der Waals surface area (Å²) in [4.78, 5) is 27.9. The van der Waals surface area contributed by atoms with Crippen molar-refractivity contribution in [1.29, 1.82) is 0 Å². The number of hydrogen-bond donors (Lipinski definition) is 2. The Balaban J connectivity index is 1.54. The zero-order valence-electron chi connectivity index (χ0n) is 14.4. The minimum absolute atomic E-state index is 0.0515. The van der Waals surface area contributed by atoms with Gasteiger partial charge in [0.05, 0.1) is 6.04 Å². The number of amides is 2. The molecule has 0 aromatic heterocycles. The second-order valence-electron chi connectivity index (χ2n) is 6.70. The summed E-state index contributed by atoms with van der Waals surface area (Å²) in [5, 5.41) is 0. The minimum atomic E-state index is -0.427. The minimum Gasteiger partial charge on any atom is -0.381 e. The van der Waals surface area contributed by atoms with E-state index in [-0.39, 0.29) is 11.8 Å². The van der Waals surface area contributed by atoms with Crippen LogP contribution in [0.15, 0.2) is 24.3 Å². The summed E-state index contributed by atoms with van der Waals surface area (Å²) in [6.07, 6.45) is 1.72. The Morgan fingerprint density at radius 3 is 2.20 bits per heavy atom. The summed E-state index contributed by atoms with van der Waals surface area (Å²) in [6.45, 7) is 4.21. The number of carbonyl (C=O) groups excluding carboxylic acids is 2. The normalized spacial score (nSPS) is 20.4. The molecule has 2 amide bonds. The maximum Gasteiger partial charge on any atom is 0.248 e. The Labute approximate surface area is 147 Å². The molecule has 25 heavy (non-hydrogen) atoms. The number of anilines is 1. The summed E-state index contributed by atoms with van der Waals surface area (Å²) >= 11 is 0. The van der Waals surface area contributed by atoms with Crippen LogP contribution in [-0.2, 0) is 9.53 Å². The van der Waals surface area contributed by atoms with Crippen molar-refractivity contribution in [1.82, 2.24) is 4.90 Å². The highest BCUT2D eigenvalue weighted by molar-refractivity contribution is 5.93. The van der Waals surface area contributed by atoms with Crippen LogP contribution in [-0.4, -0.2) is 62.1 Å². The molecule has 0 spiro atoms. The first kappa shape index (κ1) is 17.7. The molecule has 2 fully saturated rings. The number of hydrogen-bond acceptors (Lipinski definition) is 5. The van der Waals surface area contributed by atoms with E-state index in [1.807, 2.05) is 17.0 Å². The highest BCUT2D eigenvalue weighted by atomic mass is 16.5. The van der Waals surface area contributed by atoms with Crippen LogP contribution in [0.5, 0.6) is 0 Å². The van der Waals surface area contributed by atoms with E-state index in [9.17, 15) is 9.59 Å². The number of carbonyl (C=O) groups is 2. The van der Waals surface area contributed by atoms with Crippen LogP contribution in [0.2, 0.25) is 0 Å². The van der Waals surface area contributed by atoms with Crippen LogP contribution < -0.4 is 16.4 Å². The molecule has 0 aliphatic carbocycles. The maximum absolute atomic E-state index is 12.7. The summed E-state index contributed by atoms with van der Waals surface area (Å²) in [7, 11) is 0. The Bertz CT molecular complexity index is 605. The van der Waals surface area contributed by atoms with E-state index in [1.54, 1.807) is 12.1 Å². The van der Waals surface area contributed by atoms with Crippen molar-refractivity contribution in [2.24, 2.45) is 17.4 Å². The van der Waals surface area contributed by atoms with Gasteiger partial charge in [0.25, 0.3) is 0 Å². The highest BCUT2D eigenvalue weighted by Crippen LogP contribution is 2.21. The Morgan fingerprint density at radius 2 is 1.64 bits per heavy atom. The molecule has 0 radical (unpaired) electrons. The van der Waals surface area contributed by atoms with E-state index in [2.05, 4.69) is 4.90 Å². The van der Waals surface area contributed by atoms with Gasteiger partial charge in [-0.1, -0.05) is 0 Å². The third-order valence-electron chi connectivity index (χ3n) is 5.17. The average Bonchev–Trinajstić information content (AvgIpc) is 2.67. The van der Waals surface area contributed by atoms with Gasteiger partial charge in [-0.2, -0.15) is 0 Å². The Morgan fingerprint density at radius 1 is 1.04 bits per heavy atom. The number of nitrogens with two attached hydrogens (primary N) is 2. The van der Waals surface area contributed by atoms with Gasteiger partial charge in [0.15, 0.2) is 0 Å². The zero-order valence-corrected chi connectivity index (χ0v) is 14.4. The summed E-state index contributed by atoms with van der Waals surface area (Å²) < 4.78 is 5.35. The van der Waals surface area contributed by atoms with Crippen molar-refractivity contribution in [3.05, 3.63) is 29.8 Å². The van der Waals surface area contributed by atoms with Crippen molar-refractivity contribution < 1.29 is 14.3 Å². The van der Waals surface area contributed by atoms with Gasteiger partial charge in [0, 0.05) is 50.6 Å². The zero-order chi connectivity index (χ0) is 17.8. The van der Waals surface area contributed by atoms with Crippen molar-refractivity contribution in [3.63, 3.8) is 0 Å². The number of rotatable bonds is 4. The molecule has 2 aliphatic heterocycles. The van der Waals surface area contributed by atoms with E-state index in [0.717, 1.165) is 31.6 Å². The van der Waals surface area contributed by atoms with Crippen LogP contribution >= 0.6 is 0 Å². The van der Waals surface area contributed by atoms with Gasteiger partial charge >= 0.3 is 0 Å². The molecule has 3 rings (SSSR count). The first-order valence-corrected chi connectivity index (χ1v) is 8.83. The molecule has 2 heterocycles. The molecule has 7 nitrogen and oxygen atoms in total. The molecule has 0 saturated carbocycles. The van der Waals surface area contributed by atoms with Gasteiger partial charge in [-0.15, -0.1) is 0 Å². The van der Waals surface area contributed by atoms with Gasteiger partial charge < -0.3 is 26.0 Å². The van der Waals surface area contributed by atoms with Crippen molar-refractivity contribution in [3.8, 4) is 0 Å². The van der Waals surface area contributed by atoms with Gasteiger partial charge in [0.2, 0.25) is 11.8 Å². The van der Waals surface area contributed by atoms with E-state index < -0.39 is 11.9 Å². The van der Waals surface area contributed by atoms with Crippen molar-refractivity contribution in [2.75, 3.05) is 44.3 Å². The SMILES string of the molecule is NC(=O)c1ccc(N2CCN(C(=O)C(N)C3CCOCC3)CC2)cc1. The third kappa shape index (κ3) is 4.11. The smallest absolute Gasteiger partial charge is 0.248 e. The lowest BCUT2D eigenvalue weighted by atomic mass is 9.91. The Hall–Kier alpha value is -2.12. The fourth-order valence-corrected chi connectivity index (χ4v) is 3.51. The maximum atomic E-state index is 12.7. The molecule has 1 unspecified atom stereocenters. The standard InChI is InChI=1S/C18H26N4O3/c19-16(13-5-11-25-12-6-13)18(24)22-9-7-21(8-10-22)15-3-1-14(2-4-15)17(20)23/h1-4,13,16H,5-12,19H2,(H2,20,23). The molecular formula is C18H26N4O3. The molecule has 7 heteroatoms. The Kier molecular flexibility index (Phi) is 5.55. The number of nitrogens with zero attached hydrogens (tertiary/aromatic N) is 2. The van der Waals surface area contributed by atoms with Crippen LogP contribution in [0.1, 0.15) is 23.2 Å². The van der Waals surface area contributed by atoms with Crippen LogP contribution in [0.4, 0.5) is 5.69 Å². The van der Waals surface area contributed by atoms with E-state index >= 15 is 0 Å². The van der Waals surface area contributed by atoms with Gasteiger partial charge in [-0.05, 0) is 43.0 Å². The molecule has 2 aliphatic rings. The molecule has 0 bridgehead atoms. The van der Waals surface area contributed by atoms with Gasteiger partial charge in [0.1, 0.15) is 0 Å². The second-order valence-corrected chi connectivity index (χ2v) is 6.70. The van der Waals surface area contributed by atoms with Crippen molar-refractivity contribution in [2.45, 2.75) is 18.9 Å². The predicted molar refractivity (Wildman–Crippen MR) is 95.3 cm³/mol. The van der Waals surface area contributed by atoms with E-state index in [1.165, 1.54) is 0 Å². The molecule has 4 N–H and O–H groups in total. The molecule has 2 saturated heterocycles. The lowest BCUT2D eigenvalue weighted by Gasteiger charge is -2.38. The first-order valence-electron chi connectivity index (χ1n) is 8.83.